The van der Waals surface area contributed by atoms with Crippen molar-refractivity contribution < 1.29 is 9.90 Å². The monoisotopic (exact) mass is 252 g/mol. The van der Waals surface area contributed by atoms with Crippen LogP contribution in [0.2, 0.25) is 0 Å². The molecule has 0 aromatic carbocycles. The molecular weight excluding hydrogens is 244 g/mol. The Morgan fingerprint density at radius 2 is 2.25 bits per heavy atom. The van der Waals surface area contributed by atoms with Crippen molar-refractivity contribution in [2.24, 2.45) is 0 Å². The zero-order valence-electron chi connectivity index (χ0n) is 8.21. The van der Waals surface area contributed by atoms with Crippen LogP contribution < -0.4 is 0 Å². The van der Waals surface area contributed by atoms with Gasteiger partial charge in [-0.3, -0.25) is 0 Å². The average molecular weight is 252 g/mol. The van der Waals surface area contributed by atoms with Crippen molar-refractivity contribution in [1.29, 1.82) is 0 Å². The van der Waals surface area contributed by atoms with Gasteiger partial charge in [-0.15, -0.1) is 22.7 Å². The van der Waals surface area contributed by atoms with E-state index in [0.717, 1.165) is 28.6 Å². The summed E-state index contributed by atoms with van der Waals surface area (Å²) in [4.78, 5) is 20.0. The highest BCUT2D eigenvalue weighted by Gasteiger charge is 2.32. The molecule has 1 saturated carbocycles. The Bertz CT molecular complexity index is 529. The fourth-order valence-electron chi connectivity index (χ4n) is 1.54. The third-order valence-corrected chi connectivity index (χ3v) is 4.40. The zero-order chi connectivity index (χ0) is 11.1. The fraction of sp³-hybridized carbons (Fsp3) is 0.300. The molecule has 0 spiro atoms. The van der Waals surface area contributed by atoms with Gasteiger partial charge in [0.15, 0.2) is 10.0 Å². The first-order valence-electron chi connectivity index (χ1n) is 4.89. The lowest BCUT2D eigenvalue weighted by atomic mass is 10.2. The van der Waals surface area contributed by atoms with E-state index < -0.39 is 5.97 Å². The van der Waals surface area contributed by atoms with E-state index in [9.17, 15) is 4.79 Å². The lowest BCUT2D eigenvalue weighted by molar-refractivity contribution is 0.0700. The summed E-state index contributed by atoms with van der Waals surface area (Å²) < 4.78 is 0. The van der Waals surface area contributed by atoms with Crippen LogP contribution >= 0.6 is 22.7 Å². The van der Waals surface area contributed by atoms with Crippen LogP contribution in [0.15, 0.2) is 11.6 Å². The van der Waals surface area contributed by atoms with Gasteiger partial charge in [-0.05, 0) is 12.8 Å². The van der Waals surface area contributed by atoms with Crippen molar-refractivity contribution in [3.05, 3.63) is 22.1 Å². The SMILES string of the molecule is O=C(O)c1sc(-c2nccs2)nc1C1CC1. The van der Waals surface area contributed by atoms with Crippen LogP contribution in [0.4, 0.5) is 0 Å². The first-order chi connectivity index (χ1) is 7.75. The maximum Gasteiger partial charge on any atom is 0.347 e. The number of nitrogens with zero attached hydrogens (tertiary/aromatic N) is 2. The van der Waals surface area contributed by atoms with Gasteiger partial charge in [-0.1, -0.05) is 0 Å². The highest BCUT2D eigenvalue weighted by Crippen LogP contribution is 2.44. The Balaban J connectivity index is 2.08. The third kappa shape index (κ3) is 1.64. The Morgan fingerprint density at radius 1 is 1.44 bits per heavy atom. The molecule has 2 aromatic heterocycles. The maximum absolute atomic E-state index is 11.1. The second-order valence-corrected chi connectivity index (χ2v) is 5.54. The number of carboxylic acids is 1. The van der Waals surface area contributed by atoms with Gasteiger partial charge in [0.2, 0.25) is 0 Å². The smallest absolute Gasteiger partial charge is 0.347 e. The Labute approximate surface area is 99.6 Å². The van der Waals surface area contributed by atoms with Crippen LogP contribution in [0.25, 0.3) is 10.0 Å². The molecule has 3 rings (SSSR count). The van der Waals surface area contributed by atoms with Crippen molar-refractivity contribution in [2.45, 2.75) is 18.8 Å². The molecular formula is C10H8N2O2S2. The van der Waals surface area contributed by atoms with Crippen LogP contribution in [-0.4, -0.2) is 21.0 Å². The molecule has 16 heavy (non-hydrogen) atoms. The summed E-state index contributed by atoms with van der Waals surface area (Å²) in [6.07, 6.45) is 3.82. The van der Waals surface area contributed by atoms with Crippen LogP contribution in [0.3, 0.4) is 0 Å². The van der Waals surface area contributed by atoms with Crippen LogP contribution in [0.1, 0.15) is 34.1 Å². The molecule has 4 nitrogen and oxygen atoms in total. The first-order valence-corrected chi connectivity index (χ1v) is 6.59. The highest BCUT2D eigenvalue weighted by molar-refractivity contribution is 7.21. The summed E-state index contributed by atoms with van der Waals surface area (Å²) in [7, 11) is 0. The van der Waals surface area contributed by atoms with Crippen molar-refractivity contribution in [3.63, 3.8) is 0 Å². The predicted molar refractivity (Wildman–Crippen MR) is 62.2 cm³/mol. The standard InChI is InChI=1S/C10H8N2O2S2/c13-10(14)7-6(5-1-2-5)12-9(16-7)8-11-3-4-15-8/h3-5H,1-2H2,(H,13,14). The van der Waals surface area contributed by atoms with Gasteiger partial charge >= 0.3 is 5.97 Å². The second-order valence-electron chi connectivity index (χ2n) is 3.65. The minimum atomic E-state index is -0.873. The molecule has 1 fully saturated rings. The summed E-state index contributed by atoms with van der Waals surface area (Å²) in [5, 5.41) is 12.5. The molecule has 0 saturated heterocycles. The summed E-state index contributed by atoms with van der Waals surface area (Å²) >= 11 is 2.72. The van der Waals surface area contributed by atoms with Gasteiger partial charge in [0.25, 0.3) is 0 Å². The van der Waals surface area contributed by atoms with Crippen LogP contribution in [0, 0.1) is 0 Å². The Morgan fingerprint density at radius 3 is 2.81 bits per heavy atom. The Hall–Kier alpha value is -1.27. The number of carboxylic acid groups (broad SMARTS) is 1. The van der Waals surface area contributed by atoms with Gasteiger partial charge in [0, 0.05) is 17.5 Å². The van der Waals surface area contributed by atoms with E-state index in [-0.39, 0.29) is 0 Å². The molecule has 0 amide bonds. The van der Waals surface area contributed by atoms with Crippen molar-refractivity contribution in [1.82, 2.24) is 9.97 Å². The molecule has 0 radical (unpaired) electrons. The quantitative estimate of drug-likeness (QED) is 0.912. The van der Waals surface area contributed by atoms with E-state index in [4.69, 9.17) is 5.11 Å². The number of hydrogen-bond acceptors (Lipinski definition) is 5. The first kappa shape index (κ1) is 9.92. The largest absolute Gasteiger partial charge is 0.477 e. The predicted octanol–water partition coefficient (Wildman–Crippen LogP) is 2.84. The topological polar surface area (TPSA) is 63.1 Å². The molecule has 2 aromatic rings. The summed E-state index contributed by atoms with van der Waals surface area (Å²) in [5.74, 6) is -0.515. The maximum atomic E-state index is 11.1. The fourth-order valence-corrected chi connectivity index (χ4v) is 3.21. The number of rotatable bonds is 3. The third-order valence-electron chi connectivity index (χ3n) is 2.43. The lowest BCUT2D eigenvalue weighted by Gasteiger charge is -1.91. The number of aromatic carboxylic acids is 1. The highest BCUT2D eigenvalue weighted by atomic mass is 32.1. The summed E-state index contributed by atoms with van der Waals surface area (Å²) in [6.45, 7) is 0. The molecule has 6 heteroatoms. The average Bonchev–Trinajstić information content (AvgIpc) is 2.83. The van der Waals surface area contributed by atoms with E-state index in [1.165, 1.54) is 22.7 Å². The Kier molecular flexibility index (Phi) is 2.26. The molecule has 0 bridgehead atoms. The van der Waals surface area contributed by atoms with Crippen LogP contribution in [0.5, 0.6) is 0 Å². The number of aromatic nitrogens is 2. The van der Waals surface area contributed by atoms with Crippen molar-refractivity contribution >= 4 is 28.6 Å². The van der Waals surface area contributed by atoms with Crippen LogP contribution in [-0.2, 0) is 0 Å². The number of thiazole rings is 2. The summed E-state index contributed by atoms with van der Waals surface area (Å²) in [5.41, 5.74) is 0.753. The van der Waals surface area contributed by atoms with E-state index in [0.29, 0.717) is 10.8 Å². The molecule has 82 valence electrons. The number of carbonyl (C=O) groups is 1. The van der Waals surface area contributed by atoms with Gasteiger partial charge in [0.1, 0.15) is 4.88 Å². The summed E-state index contributed by atoms with van der Waals surface area (Å²) in [6, 6.07) is 0. The van der Waals surface area contributed by atoms with Gasteiger partial charge in [0.05, 0.1) is 5.69 Å². The van der Waals surface area contributed by atoms with E-state index in [1.54, 1.807) is 6.20 Å². The van der Waals surface area contributed by atoms with E-state index in [1.807, 2.05) is 5.38 Å². The van der Waals surface area contributed by atoms with Gasteiger partial charge < -0.3 is 5.11 Å². The molecule has 1 aliphatic rings. The van der Waals surface area contributed by atoms with E-state index in [2.05, 4.69) is 9.97 Å². The molecule has 2 heterocycles. The molecule has 1 aliphatic carbocycles. The van der Waals surface area contributed by atoms with E-state index >= 15 is 0 Å². The lowest BCUT2D eigenvalue weighted by Crippen LogP contribution is -1.97. The molecule has 1 N–H and O–H groups in total. The van der Waals surface area contributed by atoms with Gasteiger partial charge in [-0.25, -0.2) is 14.8 Å². The zero-order valence-corrected chi connectivity index (χ0v) is 9.85. The molecule has 0 unspecified atom stereocenters. The molecule has 0 atom stereocenters. The minimum Gasteiger partial charge on any atom is -0.477 e. The second kappa shape index (κ2) is 3.64. The van der Waals surface area contributed by atoms with Crippen molar-refractivity contribution in [2.75, 3.05) is 0 Å². The minimum absolute atomic E-state index is 0.357. The number of hydrogen-bond donors (Lipinski definition) is 1. The van der Waals surface area contributed by atoms with Crippen molar-refractivity contribution in [3.8, 4) is 10.0 Å². The molecule has 0 aliphatic heterocycles. The van der Waals surface area contributed by atoms with Gasteiger partial charge in [-0.2, -0.15) is 0 Å². The normalized spacial score (nSPS) is 15.2.